The van der Waals surface area contributed by atoms with Gasteiger partial charge >= 0.3 is 0 Å². The molecule has 3 rings (SSSR count). The second kappa shape index (κ2) is 4.29. The molecule has 2 fully saturated rings. The Labute approximate surface area is 114 Å². The van der Waals surface area contributed by atoms with E-state index in [4.69, 9.17) is 5.73 Å². The molecule has 1 aliphatic carbocycles. The number of allylic oxidation sites excluding steroid dienone is 2. The first-order valence-electron chi connectivity index (χ1n) is 6.41. The standard InChI is InChI=1S/C13H13N3O4/c14-7-3-1-2-6-10(7)13(20)16(12(6)19)8-4-5-9(17)15-11(8)18/h2,8H,1,3-5,14H2,(H,15,17,18). The lowest BCUT2D eigenvalue weighted by Gasteiger charge is -2.27. The molecular formula is C13H13N3O4. The van der Waals surface area contributed by atoms with E-state index in [1.807, 2.05) is 0 Å². The van der Waals surface area contributed by atoms with Crippen LogP contribution in [0.15, 0.2) is 22.9 Å². The summed E-state index contributed by atoms with van der Waals surface area (Å²) in [6.07, 6.45) is 3.08. The maximum Gasteiger partial charge on any atom is 0.264 e. The number of nitrogens with zero attached hydrogens (tertiary/aromatic N) is 1. The number of nitrogens with two attached hydrogens (primary N) is 1. The van der Waals surface area contributed by atoms with E-state index in [0.29, 0.717) is 18.5 Å². The Morgan fingerprint density at radius 1 is 1.15 bits per heavy atom. The van der Waals surface area contributed by atoms with Crippen LogP contribution in [0.2, 0.25) is 0 Å². The van der Waals surface area contributed by atoms with Gasteiger partial charge in [-0.05, 0) is 19.3 Å². The first-order chi connectivity index (χ1) is 9.50. The molecule has 104 valence electrons. The highest BCUT2D eigenvalue weighted by atomic mass is 16.2. The van der Waals surface area contributed by atoms with E-state index >= 15 is 0 Å². The summed E-state index contributed by atoms with van der Waals surface area (Å²) >= 11 is 0. The summed E-state index contributed by atoms with van der Waals surface area (Å²) in [4.78, 5) is 48.5. The van der Waals surface area contributed by atoms with Crippen molar-refractivity contribution in [1.82, 2.24) is 10.2 Å². The van der Waals surface area contributed by atoms with E-state index in [1.165, 1.54) is 0 Å². The van der Waals surface area contributed by atoms with Crippen molar-refractivity contribution in [2.45, 2.75) is 31.7 Å². The van der Waals surface area contributed by atoms with Gasteiger partial charge in [-0.2, -0.15) is 0 Å². The highest BCUT2D eigenvalue weighted by Gasteiger charge is 2.47. The van der Waals surface area contributed by atoms with E-state index < -0.39 is 23.8 Å². The van der Waals surface area contributed by atoms with E-state index in [9.17, 15) is 19.2 Å². The number of imide groups is 2. The van der Waals surface area contributed by atoms with Crippen molar-refractivity contribution in [2.24, 2.45) is 5.73 Å². The molecule has 0 aromatic carbocycles. The lowest BCUT2D eigenvalue weighted by molar-refractivity contribution is -0.149. The van der Waals surface area contributed by atoms with Crippen LogP contribution in [0.4, 0.5) is 0 Å². The molecule has 3 aliphatic rings. The summed E-state index contributed by atoms with van der Waals surface area (Å²) < 4.78 is 0. The number of likely N-dealkylation sites (tertiary alicyclic amines) is 1. The maximum absolute atomic E-state index is 12.3. The molecule has 0 spiro atoms. The largest absolute Gasteiger partial charge is 0.401 e. The molecule has 2 aliphatic heterocycles. The lowest BCUT2D eigenvalue weighted by atomic mass is 9.97. The van der Waals surface area contributed by atoms with Crippen LogP contribution in [0.1, 0.15) is 25.7 Å². The normalized spacial score (nSPS) is 26.7. The van der Waals surface area contributed by atoms with Crippen LogP contribution >= 0.6 is 0 Å². The fraction of sp³-hybridized carbons (Fsp3) is 0.385. The van der Waals surface area contributed by atoms with Gasteiger partial charge in [0.2, 0.25) is 11.8 Å². The SMILES string of the molecule is NC1=C2C(=O)N(C3CCC(=O)NC3=O)C(=O)C2=CCC1. The third-order valence-electron chi connectivity index (χ3n) is 3.76. The van der Waals surface area contributed by atoms with Crippen LogP contribution in [0, 0.1) is 0 Å². The Kier molecular flexibility index (Phi) is 2.70. The Bertz CT molecular complexity index is 617. The van der Waals surface area contributed by atoms with Gasteiger partial charge < -0.3 is 5.73 Å². The minimum Gasteiger partial charge on any atom is -0.401 e. The molecule has 1 atom stereocenters. The molecule has 0 aromatic heterocycles. The summed E-state index contributed by atoms with van der Waals surface area (Å²) in [5.74, 6) is -2.03. The average molecular weight is 275 g/mol. The number of carbonyl (C=O) groups excluding carboxylic acids is 4. The van der Waals surface area contributed by atoms with E-state index in [2.05, 4.69) is 5.32 Å². The van der Waals surface area contributed by atoms with Gasteiger partial charge in [0.1, 0.15) is 6.04 Å². The van der Waals surface area contributed by atoms with Gasteiger partial charge in [-0.3, -0.25) is 29.4 Å². The van der Waals surface area contributed by atoms with E-state index in [0.717, 1.165) is 4.90 Å². The predicted molar refractivity (Wildman–Crippen MR) is 66.6 cm³/mol. The Hall–Kier alpha value is -2.44. The highest BCUT2D eigenvalue weighted by Crippen LogP contribution is 2.34. The van der Waals surface area contributed by atoms with Crippen LogP contribution in [0.25, 0.3) is 0 Å². The van der Waals surface area contributed by atoms with Crippen LogP contribution in [-0.2, 0) is 19.2 Å². The van der Waals surface area contributed by atoms with E-state index in [-0.39, 0.29) is 29.9 Å². The van der Waals surface area contributed by atoms with E-state index in [1.54, 1.807) is 6.08 Å². The van der Waals surface area contributed by atoms with Crippen molar-refractivity contribution in [3.8, 4) is 0 Å². The zero-order chi connectivity index (χ0) is 14.4. The molecule has 1 unspecified atom stereocenters. The van der Waals surface area contributed by atoms with Gasteiger partial charge in [-0.25, -0.2) is 0 Å². The number of hydrogen-bond acceptors (Lipinski definition) is 5. The summed E-state index contributed by atoms with van der Waals surface area (Å²) in [5.41, 5.74) is 6.69. The molecule has 3 N–H and O–H groups in total. The second-order valence-corrected chi connectivity index (χ2v) is 5.00. The number of fused-ring (bicyclic) bond motifs is 1. The smallest absolute Gasteiger partial charge is 0.264 e. The zero-order valence-electron chi connectivity index (χ0n) is 10.6. The number of piperidine rings is 1. The quantitative estimate of drug-likeness (QED) is 0.602. The average Bonchev–Trinajstić information content (AvgIpc) is 2.64. The molecule has 2 saturated heterocycles. The molecule has 4 amide bonds. The molecule has 7 nitrogen and oxygen atoms in total. The first-order valence-corrected chi connectivity index (χ1v) is 6.41. The number of nitrogens with one attached hydrogen (secondary N) is 1. The minimum absolute atomic E-state index is 0.112. The summed E-state index contributed by atoms with van der Waals surface area (Å²) in [5, 5.41) is 2.15. The van der Waals surface area contributed by atoms with Crippen LogP contribution in [-0.4, -0.2) is 34.6 Å². The molecule has 0 saturated carbocycles. The second-order valence-electron chi connectivity index (χ2n) is 5.00. The molecule has 7 heteroatoms. The Morgan fingerprint density at radius 3 is 2.55 bits per heavy atom. The van der Waals surface area contributed by atoms with Gasteiger partial charge in [0.05, 0.1) is 11.1 Å². The van der Waals surface area contributed by atoms with Crippen molar-refractivity contribution >= 4 is 23.6 Å². The summed E-state index contributed by atoms with van der Waals surface area (Å²) in [7, 11) is 0. The zero-order valence-corrected chi connectivity index (χ0v) is 10.6. The molecule has 0 radical (unpaired) electrons. The van der Waals surface area contributed by atoms with Gasteiger partial charge in [0.15, 0.2) is 0 Å². The summed E-state index contributed by atoms with van der Waals surface area (Å²) in [6.45, 7) is 0. The molecule has 0 bridgehead atoms. The number of rotatable bonds is 1. The fourth-order valence-corrected chi connectivity index (χ4v) is 2.77. The molecule has 2 heterocycles. The van der Waals surface area contributed by atoms with Gasteiger partial charge in [-0.1, -0.05) is 6.08 Å². The number of amides is 4. The summed E-state index contributed by atoms with van der Waals surface area (Å²) in [6, 6.07) is -0.931. The Balaban J connectivity index is 1.98. The monoisotopic (exact) mass is 275 g/mol. The van der Waals surface area contributed by atoms with Crippen molar-refractivity contribution in [1.29, 1.82) is 0 Å². The predicted octanol–water partition coefficient (Wildman–Crippen LogP) is -0.907. The third-order valence-corrected chi connectivity index (χ3v) is 3.76. The van der Waals surface area contributed by atoms with Crippen molar-refractivity contribution < 1.29 is 19.2 Å². The highest BCUT2D eigenvalue weighted by molar-refractivity contribution is 6.26. The van der Waals surface area contributed by atoms with Crippen LogP contribution in [0.5, 0.6) is 0 Å². The van der Waals surface area contributed by atoms with Gasteiger partial charge in [-0.15, -0.1) is 0 Å². The van der Waals surface area contributed by atoms with Crippen LogP contribution in [0.3, 0.4) is 0 Å². The maximum atomic E-state index is 12.3. The van der Waals surface area contributed by atoms with Crippen molar-refractivity contribution in [2.75, 3.05) is 0 Å². The van der Waals surface area contributed by atoms with Crippen molar-refractivity contribution in [3.05, 3.63) is 22.9 Å². The number of carbonyl (C=O) groups is 4. The molecule has 0 aromatic rings. The molecule has 20 heavy (non-hydrogen) atoms. The first kappa shape index (κ1) is 12.6. The number of hydrogen-bond donors (Lipinski definition) is 2. The third kappa shape index (κ3) is 1.66. The molecular weight excluding hydrogens is 262 g/mol. The van der Waals surface area contributed by atoms with Gasteiger partial charge in [0.25, 0.3) is 11.8 Å². The van der Waals surface area contributed by atoms with Crippen molar-refractivity contribution in [3.63, 3.8) is 0 Å². The minimum atomic E-state index is -0.931. The fourth-order valence-electron chi connectivity index (χ4n) is 2.77. The van der Waals surface area contributed by atoms with Crippen LogP contribution < -0.4 is 11.1 Å². The lowest BCUT2D eigenvalue weighted by Crippen LogP contribution is -2.54. The topological polar surface area (TPSA) is 110 Å². The van der Waals surface area contributed by atoms with Gasteiger partial charge in [0, 0.05) is 12.1 Å². The Morgan fingerprint density at radius 2 is 1.90 bits per heavy atom.